The minimum absolute atomic E-state index is 0.241. The molecule has 0 amide bonds. The number of benzene rings is 1. The lowest BCUT2D eigenvalue weighted by molar-refractivity contribution is 0.340. The summed E-state index contributed by atoms with van der Waals surface area (Å²) in [5.41, 5.74) is 1.21. The molecular formula is C14H19NO. The molecule has 2 heteroatoms. The Bertz CT molecular complexity index is 337. The highest BCUT2D eigenvalue weighted by atomic mass is 16.5. The summed E-state index contributed by atoms with van der Waals surface area (Å²) in [6, 6.07) is 8.34. The summed E-state index contributed by atoms with van der Waals surface area (Å²) in [7, 11) is 0. The second-order valence-electron chi connectivity index (χ2n) is 3.52. The first-order chi connectivity index (χ1) is 7.81. The van der Waals surface area contributed by atoms with Gasteiger partial charge in [0, 0.05) is 12.5 Å². The number of ether oxygens (including phenoxy) is 1. The Labute approximate surface area is 98.0 Å². The van der Waals surface area contributed by atoms with Gasteiger partial charge in [-0.3, -0.25) is 0 Å². The average molecular weight is 217 g/mol. The summed E-state index contributed by atoms with van der Waals surface area (Å²) in [6.45, 7) is 5.67. The second-order valence-corrected chi connectivity index (χ2v) is 3.52. The van der Waals surface area contributed by atoms with E-state index in [2.05, 4.69) is 30.3 Å². The molecule has 16 heavy (non-hydrogen) atoms. The molecule has 0 heterocycles. The Kier molecular flexibility index (Phi) is 5.45. The molecule has 0 aliphatic rings. The Morgan fingerprint density at radius 3 is 2.50 bits per heavy atom. The van der Waals surface area contributed by atoms with E-state index in [1.165, 1.54) is 5.56 Å². The highest BCUT2D eigenvalue weighted by Gasteiger charge is 2.08. The third kappa shape index (κ3) is 3.60. The molecule has 1 atom stereocenters. The van der Waals surface area contributed by atoms with Crippen molar-refractivity contribution in [2.24, 2.45) is 0 Å². The van der Waals surface area contributed by atoms with Gasteiger partial charge in [0.25, 0.3) is 0 Å². The van der Waals surface area contributed by atoms with Crippen LogP contribution in [0.1, 0.15) is 31.9 Å². The summed E-state index contributed by atoms with van der Waals surface area (Å²) >= 11 is 0. The summed E-state index contributed by atoms with van der Waals surface area (Å²) in [4.78, 5) is 0. The lowest BCUT2D eigenvalue weighted by Gasteiger charge is -2.16. The van der Waals surface area contributed by atoms with Gasteiger partial charge < -0.3 is 10.1 Å². The van der Waals surface area contributed by atoms with E-state index in [9.17, 15) is 0 Å². The maximum atomic E-state index is 5.40. The van der Waals surface area contributed by atoms with Gasteiger partial charge in [-0.1, -0.05) is 19.1 Å². The molecule has 0 saturated carbocycles. The maximum Gasteiger partial charge on any atom is 0.119 e. The Balaban J connectivity index is 2.73. The largest absolute Gasteiger partial charge is 0.494 e. The highest BCUT2D eigenvalue weighted by Crippen LogP contribution is 2.19. The van der Waals surface area contributed by atoms with Crippen molar-refractivity contribution in [3.63, 3.8) is 0 Å². The van der Waals surface area contributed by atoms with E-state index in [0.717, 1.165) is 12.3 Å². The fourth-order valence-electron chi connectivity index (χ4n) is 1.64. The van der Waals surface area contributed by atoms with Crippen LogP contribution in [0.2, 0.25) is 0 Å². The highest BCUT2D eigenvalue weighted by molar-refractivity contribution is 5.29. The maximum absolute atomic E-state index is 5.40. The lowest BCUT2D eigenvalue weighted by Crippen LogP contribution is -2.20. The molecule has 1 unspecified atom stereocenters. The van der Waals surface area contributed by atoms with Gasteiger partial charge in [0.15, 0.2) is 0 Å². The van der Waals surface area contributed by atoms with Gasteiger partial charge in [0.2, 0.25) is 0 Å². The van der Waals surface area contributed by atoms with Crippen molar-refractivity contribution in [1.29, 1.82) is 0 Å². The van der Waals surface area contributed by atoms with Crippen LogP contribution in [0.5, 0.6) is 5.75 Å². The Morgan fingerprint density at radius 2 is 2.00 bits per heavy atom. The van der Waals surface area contributed by atoms with E-state index in [0.29, 0.717) is 13.0 Å². The molecule has 1 N–H and O–H groups in total. The molecule has 0 fully saturated rings. The van der Waals surface area contributed by atoms with Crippen molar-refractivity contribution in [3.05, 3.63) is 29.8 Å². The van der Waals surface area contributed by atoms with Crippen LogP contribution in [0.25, 0.3) is 0 Å². The molecule has 1 aromatic rings. The van der Waals surface area contributed by atoms with E-state index in [4.69, 9.17) is 11.2 Å². The lowest BCUT2D eigenvalue weighted by atomic mass is 10.0. The van der Waals surface area contributed by atoms with Crippen LogP contribution in [-0.2, 0) is 0 Å². The summed E-state index contributed by atoms with van der Waals surface area (Å²) < 4.78 is 5.40. The van der Waals surface area contributed by atoms with Crippen molar-refractivity contribution in [1.82, 2.24) is 5.32 Å². The van der Waals surface area contributed by atoms with Crippen LogP contribution in [0.15, 0.2) is 24.3 Å². The normalized spacial score (nSPS) is 11.8. The van der Waals surface area contributed by atoms with Crippen LogP contribution in [0.3, 0.4) is 0 Å². The van der Waals surface area contributed by atoms with Crippen LogP contribution in [0.4, 0.5) is 0 Å². The number of hydrogen-bond acceptors (Lipinski definition) is 2. The van der Waals surface area contributed by atoms with Crippen molar-refractivity contribution in [3.8, 4) is 18.1 Å². The van der Waals surface area contributed by atoms with Crippen LogP contribution >= 0.6 is 0 Å². The predicted octanol–water partition coefficient (Wildman–Crippen LogP) is 2.76. The standard InChI is InChI=1S/C14H19NO/c1-4-7-14(15-5-2)12-8-10-13(11-9-12)16-6-3/h1,8-11,14-15H,5-7H2,2-3H3. The molecule has 0 saturated heterocycles. The number of rotatable bonds is 6. The minimum Gasteiger partial charge on any atom is -0.494 e. The second kappa shape index (κ2) is 6.92. The zero-order chi connectivity index (χ0) is 11.8. The van der Waals surface area contributed by atoms with E-state index in [1.54, 1.807) is 0 Å². The first-order valence-corrected chi connectivity index (χ1v) is 5.71. The number of nitrogens with one attached hydrogen (secondary N) is 1. The van der Waals surface area contributed by atoms with Crippen molar-refractivity contribution >= 4 is 0 Å². The van der Waals surface area contributed by atoms with Gasteiger partial charge >= 0.3 is 0 Å². The van der Waals surface area contributed by atoms with Gasteiger partial charge in [0.1, 0.15) is 5.75 Å². The van der Waals surface area contributed by atoms with Crippen LogP contribution < -0.4 is 10.1 Å². The van der Waals surface area contributed by atoms with E-state index in [-0.39, 0.29) is 6.04 Å². The molecule has 0 bridgehead atoms. The van der Waals surface area contributed by atoms with Crippen molar-refractivity contribution < 1.29 is 4.74 Å². The SMILES string of the molecule is C#CCC(NCC)c1ccc(OCC)cc1. The monoisotopic (exact) mass is 217 g/mol. The molecule has 0 radical (unpaired) electrons. The van der Waals surface area contributed by atoms with Crippen molar-refractivity contribution in [2.45, 2.75) is 26.3 Å². The van der Waals surface area contributed by atoms with Crippen molar-refractivity contribution in [2.75, 3.05) is 13.2 Å². The zero-order valence-electron chi connectivity index (χ0n) is 9.99. The van der Waals surface area contributed by atoms with Gasteiger partial charge in [-0.15, -0.1) is 12.3 Å². The molecular weight excluding hydrogens is 198 g/mol. The molecule has 0 aromatic heterocycles. The van der Waals surface area contributed by atoms with E-state index in [1.807, 2.05) is 19.1 Å². The topological polar surface area (TPSA) is 21.3 Å². The van der Waals surface area contributed by atoms with Gasteiger partial charge in [0.05, 0.1) is 6.61 Å². The molecule has 1 aromatic carbocycles. The predicted molar refractivity (Wildman–Crippen MR) is 67.5 cm³/mol. The van der Waals surface area contributed by atoms with E-state index < -0.39 is 0 Å². The number of hydrogen-bond donors (Lipinski definition) is 1. The summed E-state index contributed by atoms with van der Waals surface area (Å²) in [6.07, 6.45) is 6.07. The smallest absolute Gasteiger partial charge is 0.119 e. The summed E-state index contributed by atoms with van der Waals surface area (Å²) in [5, 5.41) is 3.37. The Hall–Kier alpha value is -1.46. The molecule has 0 spiro atoms. The van der Waals surface area contributed by atoms with E-state index >= 15 is 0 Å². The van der Waals surface area contributed by atoms with Gasteiger partial charge in [-0.2, -0.15) is 0 Å². The summed E-state index contributed by atoms with van der Waals surface area (Å²) in [5.74, 6) is 3.60. The first-order valence-electron chi connectivity index (χ1n) is 5.71. The third-order valence-corrected chi connectivity index (χ3v) is 2.37. The fourth-order valence-corrected chi connectivity index (χ4v) is 1.64. The zero-order valence-corrected chi connectivity index (χ0v) is 9.99. The Morgan fingerprint density at radius 1 is 1.31 bits per heavy atom. The third-order valence-electron chi connectivity index (χ3n) is 2.37. The minimum atomic E-state index is 0.241. The molecule has 0 aliphatic carbocycles. The van der Waals surface area contributed by atoms with Crippen LogP contribution in [-0.4, -0.2) is 13.2 Å². The molecule has 0 aliphatic heterocycles. The van der Waals surface area contributed by atoms with Crippen LogP contribution in [0, 0.1) is 12.3 Å². The van der Waals surface area contributed by atoms with Gasteiger partial charge in [-0.05, 0) is 31.2 Å². The molecule has 1 rings (SSSR count). The first kappa shape index (κ1) is 12.6. The molecule has 2 nitrogen and oxygen atoms in total. The molecule has 86 valence electrons. The fraction of sp³-hybridized carbons (Fsp3) is 0.429. The number of terminal acetylenes is 1. The van der Waals surface area contributed by atoms with Gasteiger partial charge in [-0.25, -0.2) is 0 Å². The average Bonchev–Trinajstić information content (AvgIpc) is 2.30. The quantitative estimate of drug-likeness (QED) is 0.740.